The van der Waals surface area contributed by atoms with Gasteiger partial charge in [0.1, 0.15) is 5.39 Å². The molecule has 0 unspecified atom stereocenters. The van der Waals surface area contributed by atoms with E-state index in [0.29, 0.717) is 23.5 Å². The summed E-state index contributed by atoms with van der Waals surface area (Å²) in [6, 6.07) is 0. The lowest BCUT2D eigenvalue weighted by atomic mass is 10.1. The second-order valence-corrected chi connectivity index (χ2v) is 6.94. The van der Waals surface area contributed by atoms with Crippen LogP contribution in [0.2, 0.25) is 0 Å². The Balaban J connectivity index is 1.71. The monoisotopic (exact) mass is 329 g/mol. The molecule has 0 fully saturated rings. The number of rotatable bonds is 5. The van der Waals surface area contributed by atoms with Gasteiger partial charge in [0.2, 0.25) is 5.95 Å². The van der Waals surface area contributed by atoms with Crippen molar-refractivity contribution in [3.8, 4) is 0 Å². The molecule has 0 spiro atoms. The van der Waals surface area contributed by atoms with E-state index in [-0.39, 0.29) is 11.1 Å². The normalized spacial score (nSPS) is 12.0. The Morgan fingerprint density at radius 2 is 2.04 bits per heavy atom. The fraction of sp³-hybridized carbons (Fsp3) is 0.500. The van der Waals surface area contributed by atoms with Crippen LogP contribution in [-0.4, -0.2) is 36.1 Å². The summed E-state index contributed by atoms with van der Waals surface area (Å²) in [6.07, 6.45) is 6.29. The highest BCUT2D eigenvalue weighted by atomic mass is 16.1. The zero-order valence-electron chi connectivity index (χ0n) is 14.5. The summed E-state index contributed by atoms with van der Waals surface area (Å²) in [5.41, 5.74) is 1.32. The zero-order valence-corrected chi connectivity index (χ0v) is 14.5. The molecule has 24 heavy (non-hydrogen) atoms. The first-order valence-corrected chi connectivity index (χ1v) is 8.06. The fourth-order valence-corrected chi connectivity index (χ4v) is 2.53. The number of nitrogens with one attached hydrogen (secondary N) is 2. The second kappa shape index (κ2) is 6.10. The highest BCUT2D eigenvalue weighted by Gasteiger charge is 2.19. The molecular weight excluding hydrogens is 306 g/mol. The van der Waals surface area contributed by atoms with Gasteiger partial charge >= 0.3 is 0 Å². The topological polar surface area (TPSA) is 93.4 Å². The minimum absolute atomic E-state index is 0.180. The fourth-order valence-electron chi connectivity index (χ4n) is 2.53. The van der Waals surface area contributed by atoms with E-state index in [1.807, 2.05) is 44.8 Å². The zero-order chi connectivity index (χ0) is 17.3. The maximum Gasteiger partial charge on any atom is 0.263 e. The van der Waals surface area contributed by atoms with Gasteiger partial charge in [-0.2, -0.15) is 15.2 Å². The van der Waals surface area contributed by atoms with Crippen LogP contribution in [0.25, 0.3) is 11.0 Å². The van der Waals surface area contributed by atoms with E-state index in [1.165, 1.54) is 0 Å². The Kier molecular flexibility index (Phi) is 4.13. The molecule has 2 N–H and O–H groups in total. The number of H-pyrrole nitrogens is 1. The molecule has 0 radical (unpaired) electrons. The van der Waals surface area contributed by atoms with Crippen molar-refractivity contribution in [2.24, 2.45) is 0 Å². The Hall–Kier alpha value is -2.64. The smallest absolute Gasteiger partial charge is 0.263 e. The molecule has 0 amide bonds. The van der Waals surface area contributed by atoms with E-state index < -0.39 is 0 Å². The third-order valence-corrected chi connectivity index (χ3v) is 3.69. The molecule has 8 heteroatoms. The Labute approximate surface area is 139 Å². The largest absolute Gasteiger partial charge is 0.356 e. The number of hydrogen-bond donors (Lipinski definition) is 2. The lowest BCUT2D eigenvalue weighted by Crippen LogP contribution is -2.24. The number of nitrogens with zero attached hydrogens (tertiary/aromatic N) is 5. The van der Waals surface area contributed by atoms with Gasteiger partial charge in [-0.3, -0.25) is 14.5 Å². The van der Waals surface area contributed by atoms with Crippen molar-refractivity contribution in [2.75, 3.05) is 11.9 Å². The summed E-state index contributed by atoms with van der Waals surface area (Å²) in [5.74, 6) is 0.468. The molecule has 3 aromatic rings. The quantitative estimate of drug-likeness (QED) is 0.697. The average molecular weight is 329 g/mol. The first-order valence-electron chi connectivity index (χ1n) is 8.06. The number of fused-ring (bicyclic) bond motifs is 1. The SMILES string of the molecule is Cc1cnn(CCCNc2nc3c(cnn3C(C)(C)C)c(=O)[nH]2)c1. The number of anilines is 1. The van der Waals surface area contributed by atoms with E-state index in [0.717, 1.165) is 18.5 Å². The van der Waals surface area contributed by atoms with Gasteiger partial charge in [0.15, 0.2) is 5.65 Å². The molecule has 0 saturated heterocycles. The molecule has 3 heterocycles. The molecule has 0 aromatic carbocycles. The molecule has 8 nitrogen and oxygen atoms in total. The van der Waals surface area contributed by atoms with Gasteiger partial charge in [-0.05, 0) is 39.7 Å². The number of aromatic amines is 1. The minimum Gasteiger partial charge on any atom is -0.356 e. The van der Waals surface area contributed by atoms with Gasteiger partial charge in [0.05, 0.1) is 17.9 Å². The van der Waals surface area contributed by atoms with Crippen LogP contribution in [0.3, 0.4) is 0 Å². The third kappa shape index (κ3) is 3.32. The molecule has 0 atom stereocenters. The van der Waals surface area contributed by atoms with Crippen LogP contribution in [0.5, 0.6) is 0 Å². The van der Waals surface area contributed by atoms with Crippen molar-refractivity contribution in [3.05, 3.63) is 34.5 Å². The van der Waals surface area contributed by atoms with E-state index in [9.17, 15) is 4.79 Å². The van der Waals surface area contributed by atoms with Crippen LogP contribution in [0.4, 0.5) is 5.95 Å². The molecule has 128 valence electrons. The summed E-state index contributed by atoms with van der Waals surface area (Å²) in [6.45, 7) is 9.61. The summed E-state index contributed by atoms with van der Waals surface area (Å²) in [4.78, 5) is 19.5. The van der Waals surface area contributed by atoms with Crippen LogP contribution in [0.15, 0.2) is 23.4 Å². The summed E-state index contributed by atoms with van der Waals surface area (Å²) < 4.78 is 3.68. The Bertz CT molecular complexity index is 897. The summed E-state index contributed by atoms with van der Waals surface area (Å²) in [7, 11) is 0. The van der Waals surface area contributed by atoms with Crippen molar-refractivity contribution in [3.63, 3.8) is 0 Å². The maximum atomic E-state index is 12.2. The third-order valence-electron chi connectivity index (χ3n) is 3.69. The standard InChI is InChI=1S/C16H23N7O/c1-11-8-18-22(10-11)7-5-6-17-15-20-13-12(14(24)21-15)9-19-23(13)16(2,3)4/h8-10H,5-7H2,1-4H3,(H2,17,20,21,24). The van der Waals surface area contributed by atoms with Crippen LogP contribution < -0.4 is 10.9 Å². The van der Waals surface area contributed by atoms with E-state index in [2.05, 4.69) is 25.5 Å². The number of hydrogen-bond acceptors (Lipinski definition) is 5. The number of aromatic nitrogens is 6. The molecule has 3 aromatic heterocycles. The lowest BCUT2D eigenvalue weighted by molar-refractivity contribution is 0.366. The van der Waals surface area contributed by atoms with Crippen molar-refractivity contribution in [1.29, 1.82) is 0 Å². The molecule has 0 saturated carbocycles. The van der Waals surface area contributed by atoms with Gasteiger partial charge in [-0.15, -0.1) is 0 Å². The second-order valence-electron chi connectivity index (χ2n) is 6.94. The molecule has 0 bridgehead atoms. The van der Waals surface area contributed by atoms with Crippen LogP contribution in [-0.2, 0) is 12.1 Å². The molecule has 0 aliphatic carbocycles. The molecular formula is C16H23N7O. The van der Waals surface area contributed by atoms with Crippen LogP contribution in [0.1, 0.15) is 32.8 Å². The van der Waals surface area contributed by atoms with Gasteiger partial charge in [0.25, 0.3) is 5.56 Å². The Morgan fingerprint density at radius 3 is 2.71 bits per heavy atom. The van der Waals surface area contributed by atoms with Crippen LogP contribution >= 0.6 is 0 Å². The molecule has 0 aliphatic heterocycles. The number of aryl methyl sites for hydroxylation is 2. The van der Waals surface area contributed by atoms with E-state index >= 15 is 0 Å². The first kappa shape index (κ1) is 16.2. The van der Waals surface area contributed by atoms with Crippen molar-refractivity contribution in [2.45, 2.75) is 46.2 Å². The minimum atomic E-state index is -0.238. The van der Waals surface area contributed by atoms with E-state index in [4.69, 9.17) is 0 Å². The highest BCUT2D eigenvalue weighted by Crippen LogP contribution is 2.18. The van der Waals surface area contributed by atoms with Crippen molar-refractivity contribution >= 4 is 17.0 Å². The Morgan fingerprint density at radius 1 is 1.25 bits per heavy atom. The van der Waals surface area contributed by atoms with Crippen molar-refractivity contribution in [1.82, 2.24) is 29.5 Å². The van der Waals surface area contributed by atoms with Crippen LogP contribution in [0, 0.1) is 6.92 Å². The predicted octanol–water partition coefficient (Wildman–Crippen LogP) is 1.88. The maximum absolute atomic E-state index is 12.2. The van der Waals surface area contributed by atoms with Gasteiger partial charge in [0, 0.05) is 19.3 Å². The summed E-state index contributed by atoms with van der Waals surface area (Å²) in [5, 5.41) is 12.2. The average Bonchev–Trinajstić information content (AvgIpc) is 3.09. The van der Waals surface area contributed by atoms with Gasteiger partial charge in [-0.25, -0.2) is 4.68 Å². The molecule has 0 aliphatic rings. The first-order chi connectivity index (χ1) is 11.3. The van der Waals surface area contributed by atoms with Crippen molar-refractivity contribution < 1.29 is 0 Å². The van der Waals surface area contributed by atoms with Gasteiger partial charge in [-0.1, -0.05) is 0 Å². The predicted molar refractivity (Wildman–Crippen MR) is 93.2 cm³/mol. The molecule has 3 rings (SSSR count). The van der Waals surface area contributed by atoms with E-state index in [1.54, 1.807) is 10.9 Å². The lowest BCUT2D eigenvalue weighted by Gasteiger charge is -2.19. The van der Waals surface area contributed by atoms with Gasteiger partial charge < -0.3 is 5.32 Å². The summed E-state index contributed by atoms with van der Waals surface area (Å²) >= 11 is 0. The highest BCUT2D eigenvalue weighted by molar-refractivity contribution is 5.74.